The minimum absolute atomic E-state index is 0.416. The van der Waals surface area contributed by atoms with Crippen LogP contribution < -0.4 is 0 Å². The third-order valence-corrected chi connectivity index (χ3v) is 2.85. The summed E-state index contributed by atoms with van der Waals surface area (Å²) in [6.45, 7) is 1.65. The highest BCUT2D eigenvalue weighted by molar-refractivity contribution is 5.71. The molecule has 76 valence electrons. The average Bonchev–Trinajstić information content (AvgIpc) is 2.48. The van der Waals surface area contributed by atoms with Crippen LogP contribution in [-0.4, -0.2) is 25.8 Å². The Morgan fingerprint density at radius 2 is 2.43 bits per heavy atom. The normalized spacial score (nSPS) is 18.9. The summed E-state index contributed by atoms with van der Waals surface area (Å²) in [5.74, 6) is 0.399. The summed E-state index contributed by atoms with van der Waals surface area (Å²) < 4.78 is 1.66. The predicted octanol–water partition coefficient (Wildman–Crippen LogP) is 1.19. The molecule has 0 aliphatic heterocycles. The maximum absolute atomic E-state index is 10.8. The van der Waals surface area contributed by atoms with Gasteiger partial charge in [-0.3, -0.25) is 0 Å². The van der Waals surface area contributed by atoms with Gasteiger partial charge in [0.25, 0.3) is 0 Å². The van der Waals surface area contributed by atoms with Crippen LogP contribution in [0.15, 0.2) is 6.33 Å². The lowest BCUT2D eigenvalue weighted by molar-refractivity contribution is -0.140. The summed E-state index contributed by atoms with van der Waals surface area (Å²) in [4.78, 5) is 10.8. The monoisotopic (exact) mass is 195 g/mol. The Morgan fingerprint density at radius 3 is 2.93 bits per heavy atom. The number of carbonyl (C=O) groups is 1. The standard InChI is InChI=1S/C9H13N3O2/c1-6(9(13)14)12-5-10-11-8(12)7-3-2-4-7/h5-7H,2-4H2,1H3,(H,13,14). The van der Waals surface area contributed by atoms with E-state index < -0.39 is 12.0 Å². The van der Waals surface area contributed by atoms with E-state index in [1.807, 2.05) is 0 Å². The van der Waals surface area contributed by atoms with Crippen LogP contribution >= 0.6 is 0 Å². The number of aromatic nitrogens is 3. The summed E-state index contributed by atoms with van der Waals surface area (Å²) in [6.07, 6.45) is 4.92. The van der Waals surface area contributed by atoms with Gasteiger partial charge in [-0.2, -0.15) is 0 Å². The topological polar surface area (TPSA) is 68.0 Å². The van der Waals surface area contributed by atoms with E-state index in [1.54, 1.807) is 11.5 Å². The van der Waals surface area contributed by atoms with Gasteiger partial charge in [-0.05, 0) is 19.8 Å². The first-order valence-corrected chi connectivity index (χ1v) is 4.82. The number of carboxylic acids is 1. The van der Waals surface area contributed by atoms with Gasteiger partial charge in [-0.25, -0.2) is 4.79 Å². The Balaban J connectivity index is 2.24. The Labute approximate surface area is 81.8 Å². The summed E-state index contributed by atoms with van der Waals surface area (Å²) >= 11 is 0. The fraction of sp³-hybridized carbons (Fsp3) is 0.667. The Hall–Kier alpha value is -1.39. The fourth-order valence-corrected chi connectivity index (χ4v) is 1.63. The first kappa shape index (κ1) is 9.18. The van der Waals surface area contributed by atoms with Crippen molar-refractivity contribution in [2.45, 2.75) is 38.1 Å². The molecule has 0 spiro atoms. The third kappa shape index (κ3) is 1.38. The van der Waals surface area contributed by atoms with E-state index in [2.05, 4.69) is 10.2 Å². The van der Waals surface area contributed by atoms with E-state index >= 15 is 0 Å². The van der Waals surface area contributed by atoms with Crippen molar-refractivity contribution in [3.05, 3.63) is 12.2 Å². The molecule has 1 aromatic heterocycles. The van der Waals surface area contributed by atoms with Gasteiger partial charge in [0.1, 0.15) is 18.2 Å². The minimum Gasteiger partial charge on any atom is -0.480 e. The van der Waals surface area contributed by atoms with Crippen molar-refractivity contribution in [2.24, 2.45) is 0 Å². The number of carboxylic acid groups (broad SMARTS) is 1. The van der Waals surface area contributed by atoms with Crippen LogP contribution in [0.25, 0.3) is 0 Å². The highest BCUT2D eigenvalue weighted by atomic mass is 16.4. The van der Waals surface area contributed by atoms with Crippen LogP contribution in [0.3, 0.4) is 0 Å². The van der Waals surface area contributed by atoms with Gasteiger partial charge in [-0.15, -0.1) is 10.2 Å². The molecule has 1 N–H and O–H groups in total. The lowest BCUT2D eigenvalue weighted by Gasteiger charge is -2.25. The average molecular weight is 195 g/mol. The maximum Gasteiger partial charge on any atom is 0.326 e. The van der Waals surface area contributed by atoms with Gasteiger partial charge in [0, 0.05) is 5.92 Å². The molecule has 1 aliphatic rings. The van der Waals surface area contributed by atoms with E-state index in [4.69, 9.17) is 5.11 Å². The molecule has 14 heavy (non-hydrogen) atoms. The molecular formula is C9H13N3O2. The SMILES string of the molecule is CC(C(=O)O)n1cnnc1C1CCC1. The molecule has 1 unspecified atom stereocenters. The highest BCUT2D eigenvalue weighted by Gasteiger charge is 2.27. The lowest BCUT2D eigenvalue weighted by atomic mass is 9.84. The Bertz CT molecular complexity index is 344. The Morgan fingerprint density at radius 1 is 1.71 bits per heavy atom. The molecule has 5 nitrogen and oxygen atoms in total. The molecule has 5 heteroatoms. The van der Waals surface area contributed by atoms with Crippen molar-refractivity contribution in [3.63, 3.8) is 0 Å². The number of hydrogen-bond acceptors (Lipinski definition) is 3. The first-order chi connectivity index (χ1) is 6.70. The van der Waals surface area contributed by atoms with E-state index in [-0.39, 0.29) is 0 Å². The van der Waals surface area contributed by atoms with Crippen LogP contribution in [0.2, 0.25) is 0 Å². The molecule has 1 saturated carbocycles. The van der Waals surface area contributed by atoms with E-state index in [0.717, 1.165) is 18.7 Å². The van der Waals surface area contributed by atoms with Crippen molar-refractivity contribution >= 4 is 5.97 Å². The fourth-order valence-electron chi connectivity index (χ4n) is 1.63. The number of hydrogen-bond donors (Lipinski definition) is 1. The summed E-state index contributed by atoms with van der Waals surface area (Å²) in [5, 5.41) is 16.6. The largest absolute Gasteiger partial charge is 0.480 e. The van der Waals surface area contributed by atoms with Gasteiger partial charge < -0.3 is 9.67 Å². The van der Waals surface area contributed by atoms with Crippen LogP contribution in [0.5, 0.6) is 0 Å². The summed E-state index contributed by atoms with van der Waals surface area (Å²) in [7, 11) is 0. The van der Waals surface area contributed by atoms with E-state index in [9.17, 15) is 4.79 Å². The molecule has 2 rings (SSSR count). The van der Waals surface area contributed by atoms with Crippen LogP contribution in [0, 0.1) is 0 Å². The lowest BCUT2D eigenvalue weighted by Crippen LogP contribution is -2.21. The molecular weight excluding hydrogens is 182 g/mol. The maximum atomic E-state index is 10.8. The highest BCUT2D eigenvalue weighted by Crippen LogP contribution is 2.35. The second-order valence-corrected chi connectivity index (χ2v) is 3.74. The van der Waals surface area contributed by atoms with Crippen molar-refractivity contribution < 1.29 is 9.90 Å². The van der Waals surface area contributed by atoms with Gasteiger partial charge >= 0.3 is 5.97 Å². The molecule has 0 bridgehead atoms. The third-order valence-electron chi connectivity index (χ3n) is 2.85. The van der Waals surface area contributed by atoms with Crippen molar-refractivity contribution in [2.75, 3.05) is 0 Å². The van der Waals surface area contributed by atoms with Gasteiger partial charge in [-0.1, -0.05) is 6.42 Å². The van der Waals surface area contributed by atoms with E-state index in [0.29, 0.717) is 5.92 Å². The predicted molar refractivity (Wildman–Crippen MR) is 49.0 cm³/mol. The van der Waals surface area contributed by atoms with Crippen molar-refractivity contribution in [1.29, 1.82) is 0 Å². The van der Waals surface area contributed by atoms with Crippen molar-refractivity contribution in [1.82, 2.24) is 14.8 Å². The van der Waals surface area contributed by atoms with Gasteiger partial charge in [0.2, 0.25) is 0 Å². The first-order valence-electron chi connectivity index (χ1n) is 4.82. The summed E-state index contributed by atoms with van der Waals surface area (Å²) in [6, 6.07) is -0.569. The zero-order valence-electron chi connectivity index (χ0n) is 8.05. The van der Waals surface area contributed by atoms with Gasteiger partial charge in [0.15, 0.2) is 0 Å². The van der Waals surface area contributed by atoms with E-state index in [1.165, 1.54) is 12.7 Å². The van der Waals surface area contributed by atoms with Crippen molar-refractivity contribution in [3.8, 4) is 0 Å². The quantitative estimate of drug-likeness (QED) is 0.786. The second-order valence-electron chi connectivity index (χ2n) is 3.74. The zero-order valence-corrected chi connectivity index (χ0v) is 8.05. The smallest absolute Gasteiger partial charge is 0.326 e. The molecule has 1 heterocycles. The van der Waals surface area contributed by atoms with Crippen LogP contribution in [0.4, 0.5) is 0 Å². The van der Waals surface area contributed by atoms with Crippen LogP contribution in [-0.2, 0) is 4.79 Å². The molecule has 0 radical (unpaired) electrons. The molecule has 1 atom stereocenters. The molecule has 1 aromatic rings. The number of aliphatic carboxylic acids is 1. The zero-order chi connectivity index (χ0) is 10.1. The molecule has 0 aromatic carbocycles. The van der Waals surface area contributed by atoms with Gasteiger partial charge in [0.05, 0.1) is 0 Å². The number of nitrogens with zero attached hydrogens (tertiary/aromatic N) is 3. The molecule has 0 saturated heterocycles. The Kier molecular flexibility index (Phi) is 2.23. The second kappa shape index (κ2) is 3.40. The number of rotatable bonds is 3. The molecule has 1 aliphatic carbocycles. The summed E-state index contributed by atoms with van der Waals surface area (Å²) in [5.41, 5.74) is 0. The minimum atomic E-state index is -0.842. The molecule has 0 amide bonds. The van der Waals surface area contributed by atoms with Crippen LogP contribution in [0.1, 0.15) is 44.0 Å². The molecule has 1 fully saturated rings.